The Morgan fingerprint density at radius 3 is 2.33 bits per heavy atom. The largest absolute Gasteiger partial charge is 0.335 e. The van der Waals surface area contributed by atoms with E-state index in [2.05, 4.69) is 10.3 Å². The molecule has 0 atom stereocenters. The molecule has 94 valence electrons. The van der Waals surface area contributed by atoms with E-state index in [1.807, 2.05) is 0 Å². The van der Waals surface area contributed by atoms with Crippen molar-refractivity contribution in [3.8, 4) is 0 Å². The van der Waals surface area contributed by atoms with Crippen molar-refractivity contribution in [2.45, 2.75) is 0 Å². The summed E-state index contributed by atoms with van der Waals surface area (Å²) in [4.78, 5) is 3.00. The lowest BCUT2D eigenvalue weighted by atomic mass is 10.3. The third-order valence-electron chi connectivity index (χ3n) is 2.07. The molecule has 0 aliphatic carbocycles. The zero-order valence-electron chi connectivity index (χ0n) is 8.65. The van der Waals surface area contributed by atoms with Crippen LogP contribution in [0.15, 0.2) is 24.3 Å². The van der Waals surface area contributed by atoms with E-state index in [-0.39, 0.29) is 10.7 Å². The van der Waals surface area contributed by atoms with Crippen LogP contribution in [0.4, 0.5) is 29.1 Å². The molecule has 0 fully saturated rings. The quantitative estimate of drug-likeness (QED) is 0.661. The minimum Gasteiger partial charge on any atom is -0.335 e. The van der Waals surface area contributed by atoms with E-state index in [0.29, 0.717) is 6.07 Å². The SMILES string of the molecule is Fc1cc(Cl)ccc1Nc1nc(F)c(F)cc1F. The zero-order valence-corrected chi connectivity index (χ0v) is 9.40. The van der Waals surface area contributed by atoms with Gasteiger partial charge < -0.3 is 5.32 Å². The highest BCUT2D eigenvalue weighted by molar-refractivity contribution is 6.30. The minimum atomic E-state index is -1.48. The number of hydrogen-bond donors (Lipinski definition) is 1. The highest BCUT2D eigenvalue weighted by Gasteiger charge is 2.13. The Hall–Kier alpha value is -1.82. The summed E-state index contributed by atoms with van der Waals surface area (Å²) in [5.41, 5.74) is -0.156. The number of nitrogens with zero attached hydrogens (tertiary/aromatic N) is 1. The lowest BCUT2D eigenvalue weighted by Gasteiger charge is -2.08. The van der Waals surface area contributed by atoms with Gasteiger partial charge in [0.25, 0.3) is 5.95 Å². The third-order valence-corrected chi connectivity index (χ3v) is 2.31. The maximum atomic E-state index is 13.4. The normalized spacial score (nSPS) is 10.5. The van der Waals surface area contributed by atoms with Gasteiger partial charge in [0.15, 0.2) is 17.5 Å². The molecule has 0 aliphatic heterocycles. The highest BCUT2D eigenvalue weighted by atomic mass is 35.5. The Labute approximate surface area is 104 Å². The molecule has 2 nitrogen and oxygen atoms in total. The van der Waals surface area contributed by atoms with Gasteiger partial charge in [0.05, 0.1) is 5.69 Å². The molecule has 2 rings (SSSR count). The van der Waals surface area contributed by atoms with Crippen LogP contribution in [0.3, 0.4) is 0 Å². The predicted octanol–water partition coefficient (Wildman–Crippen LogP) is 4.04. The smallest absolute Gasteiger partial charge is 0.251 e. The molecule has 0 aliphatic rings. The predicted molar refractivity (Wildman–Crippen MR) is 58.8 cm³/mol. The standard InChI is InChI=1S/C11H5ClF4N2/c12-5-1-2-9(6(13)3-5)17-11-8(15)4-7(14)10(16)18-11/h1-4H,(H,17,18). The molecule has 0 bridgehead atoms. The van der Waals surface area contributed by atoms with Crippen molar-refractivity contribution >= 4 is 23.1 Å². The maximum absolute atomic E-state index is 13.4. The maximum Gasteiger partial charge on any atom is 0.251 e. The van der Waals surface area contributed by atoms with Crippen LogP contribution < -0.4 is 5.32 Å². The molecule has 0 unspecified atom stereocenters. The molecular weight excluding hydrogens is 272 g/mol. The van der Waals surface area contributed by atoms with E-state index in [0.717, 1.165) is 6.07 Å². The number of aromatic nitrogens is 1. The van der Waals surface area contributed by atoms with Crippen molar-refractivity contribution in [2.75, 3.05) is 5.32 Å². The Morgan fingerprint density at radius 1 is 0.944 bits per heavy atom. The van der Waals surface area contributed by atoms with Gasteiger partial charge in [0.1, 0.15) is 5.82 Å². The van der Waals surface area contributed by atoms with E-state index >= 15 is 0 Å². The fourth-order valence-corrected chi connectivity index (χ4v) is 1.41. The Morgan fingerprint density at radius 2 is 1.67 bits per heavy atom. The van der Waals surface area contributed by atoms with Crippen molar-refractivity contribution in [1.29, 1.82) is 0 Å². The van der Waals surface area contributed by atoms with E-state index < -0.39 is 29.2 Å². The molecule has 1 aromatic heterocycles. The molecule has 0 amide bonds. The molecule has 1 N–H and O–H groups in total. The molecule has 1 heterocycles. The molecule has 0 spiro atoms. The van der Waals surface area contributed by atoms with Crippen molar-refractivity contribution in [2.24, 2.45) is 0 Å². The van der Waals surface area contributed by atoms with Crippen molar-refractivity contribution in [1.82, 2.24) is 4.98 Å². The van der Waals surface area contributed by atoms with Gasteiger partial charge >= 0.3 is 0 Å². The number of rotatable bonds is 2. The zero-order chi connectivity index (χ0) is 13.3. The van der Waals surface area contributed by atoms with Gasteiger partial charge in [-0.05, 0) is 18.2 Å². The average Bonchev–Trinajstić information content (AvgIpc) is 2.29. The summed E-state index contributed by atoms with van der Waals surface area (Å²) >= 11 is 5.53. The third kappa shape index (κ3) is 2.53. The molecular formula is C11H5ClF4N2. The number of pyridine rings is 1. The van der Waals surface area contributed by atoms with Crippen LogP contribution in [0.2, 0.25) is 5.02 Å². The molecule has 7 heteroatoms. The molecule has 0 saturated carbocycles. The van der Waals surface area contributed by atoms with Crippen LogP contribution in [0, 0.1) is 23.4 Å². The van der Waals surface area contributed by atoms with Crippen molar-refractivity contribution < 1.29 is 17.6 Å². The number of benzene rings is 1. The monoisotopic (exact) mass is 276 g/mol. The summed E-state index contributed by atoms with van der Waals surface area (Å²) in [7, 11) is 0. The summed E-state index contributed by atoms with van der Waals surface area (Å²) in [6, 6.07) is 3.88. The molecule has 18 heavy (non-hydrogen) atoms. The first kappa shape index (κ1) is 12.6. The number of hydrogen-bond acceptors (Lipinski definition) is 2. The second-order valence-corrected chi connectivity index (χ2v) is 3.78. The average molecular weight is 277 g/mol. The lowest BCUT2D eigenvalue weighted by molar-refractivity contribution is 0.467. The van der Waals surface area contributed by atoms with Gasteiger partial charge in [-0.1, -0.05) is 11.6 Å². The molecule has 1 aromatic carbocycles. The first-order chi connectivity index (χ1) is 8.47. The second-order valence-electron chi connectivity index (χ2n) is 3.34. The summed E-state index contributed by atoms with van der Waals surface area (Å²) in [6.45, 7) is 0. The minimum absolute atomic E-state index is 0.150. The summed E-state index contributed by atoms with van der Waals surface area (Å²) in [6.07, 6.45) is 0. The summed E-state index contributed by atoms with van der Waals surface area (Å²) in [5, 5.41) is 2.36. The van der Waals surface area contributed by atoms with Gasteiger partial charge in [-0.3, -0.25) is 0 Å². The molecule has 0 radical (unpaired) electrons. The Kier molecular flexibility index (Phi) is 3.38. The first-order valence-electron chi connectivity index (χ1n) is 4.71. The van der Waals surface area contributed by atoms with Crippen molar-refractivity contribution in [3.63, 3.8) is 0 Å². The van der Waals surface area contributed by atoms with E-state index in [4.69, 9.17) is 11.6 Å². The van der Waals surface area contributed by atoms with Crippen LogP contribution in [0.25, 0.3) is 0 Å². The van der Waals surface area contributed by atoms with Gasteiger partial charge in [-0.2, -0.15) is 9.37 Å². The Bertz CT molecular complexity index is 604. The van der Waals surface area contributed by atoms with Crippen LogP contribution in [0.5, 0.6) is 0 Å². The van der Waals surface area contributed by atoms with Crippen LogP contribution >= 0.6 is 11.6 Å². The van der Waals surface area contributed by atoms with Crippen LogP contribution in [0.1, 0.15) is 0 Å². The lowest BCUT2D eigenvalue weighted by Crippen LogP contribution is -2.02. The summed E-state index contributed by atoms with van der Waals surface area (Å²) in [5.74, 6) is -5.42. The van der Waals surface area contributed by atoms with E-state index in [1.54, 1.807) is 0 Å². The fraction of sp³-hybridized carbons (Fsp3) is 0. The van der Waals surface area contributed by atoms with E-state index in [9.17, 15) is 17.6 Å². The number of anilines is 2. The number of halogens is 5. The fourth-order valence-electron chi connectivity index (χ4n) is 1.25. The second kappa shape index (κ2) is 4.81. The van der Waals surface area contributed by atoms with Gasteiger partial charge in [-0.25, -0.2) is 13.2 Å². The topological polar surface area (TPSA) is 24.9 Å². The first-order valence-corrected chi connectivity index (χ1v) is 5.09. The van der Waals surface area contributed by atoms with Crippen LogP contribution in [-0.4, -0.2) is 4.98 Å². The molecule has 0 saturated heterocycles. The van der Waals surface area contributed by atoms with Gasteiger partial charge in [-0.15, -0.1) is 0 Å². The highest BCUT2D eigenvalue weighted by Crippen LogP contribution is 2.24. The van der Waals surface area contributed by atoms with Crippen molar-refractivity contribution in [3.05, 3.63) is 52.7 Å². The van der Waals surface area contributed by atoms with E-state index in [1.165, 1.54) is 12.1 Å². The Balaban J connectivity index is 2.37. The number of nitrogens with one attached hydrogen (secondary N) is 1. The molecule has 2 aromatic rings. The van der Waals surface area contributed by atoms with Gasteiger partial charge in [0, 0.05) is 11.1 Å². The van der Waals surface area contributed by atoms with Crippen LogP contribution in [-0.2, 0) is 0 Å². The summed E-state index contributed by atoms with van der Waals surface area (Å²) < 4.78 is 52.1. The van der Waals surface area contributed by atoms with Gasteiger partial charge in [0.2, 0.25) is 0 Å².